The fourth-order valence-electron chi connectivity index (χ4n) is 4.51. The number of rotatable bonds is 9. The van der Waals surface area contributed by atoms with Crippen molar-refractivity contribution in [2.24, 2.45) is 11.8 Å². The molecule has 1 fully saturated rings. The molecule has 0 aliphatic carbocycles. The van der Waals surface area contributed by atoms with Gasteiger partial charge in [-0.2, -0.15) is 0 Å². The summed E-state index contributed by atoms with van der Waals surface area (Å²) in [6, 6.07) is 16.9. The molecule has 0 unspecified atom stereocenters. The van der Waals surface area contributed by atoms with Gasteiger partial charge in [-0.05, 0) is 73.1 Å². The average molecular weight is 494 g/mol. The number of hydrogen-bond donors (Lipinski definition) is 0. The Bertz CT molecular complexity index is 1300. The van der Waals surface area contributed by atoms with Crippen LogP contribution in [0.2, 0.25) is 0 Å². The number of hydrogen-bond acceptors (Lipinski definition) is 4. The maximum atomic E-state index is 13.7. The Morgan fingerprint density at radius 2 is 1.80 bits per heavy atom. The van der Waals surface area contributed by atoms with Crippen molar-refractivity contribution in [3.63, 3.8) is 0 Å². The lowest BCUT2D eigenvalue weighted by Crippen LogP contribution is -2.49. The van der Waals surface area contributed by atoms with Crippen LogP contribution in [0.5, 0.6) is 0 Å². The highest BCUT2D eigenvalue weighted by Crippen LogP contribution is 2.28. The summed E-state index contributed by atoms with van der Waals surface area (Å²) in [6.07, 6.45) is 2.76. The van der Waals surface area contributed by atoms with Crippen LogP contribution in [0.1, 0.15) is 45.4 Å². The Morgan fingerprint density at radius 3 is 2.43 bits per heavy atom. The van der Waals surface area contributed by atoms with Gasteiger partial charge in [0.05, 0.1) is 16.1 Å². The number of likely N-dealkylation sites (tertiary alicyclic amines) is 1. The molecule has 35 heavy (non-hydrogen) atoms. The van der Waals surface area contributed by atoms with Gasteiger partial charge in [0.2, 0.25) is 5.91 Å². The summed E-state index contributed by atoms with van der Waals surface area (Å²) in [7, 11) is -3.73. The second-order valence-electron chi connectivity index (χ2n) is 9.94. The number of amides is 1. The van der Waals surface area contributed by atoms with Gasteiger partial charge in [-0.25, -0.2) is 8.42 Å². The molecule has 0 N–H and O–H groups in total. The average Bonchev–Trinajstić information content (AvgIpc) is 2.80. The van der Waals surface area contributed by atoms with E-state index in [0.29, 0.717) is 18.2 Å². The Balaban J connectivity index is 1.54. The van der Waals surface area contributed by atoms with E-state index in [2.05, 4.69) is 6.92 Å². The lowest BCUT2D eigenvalue weighted by Gasteiger charge is -2.38. The summed E-state index contributed by atoms with van der Waals surface area (Å²) in [5.41, 5.74) is 3.65. The highest BCUT2D eigenvalue weighted by molar-refractivity contribution is 7.92. The van der Waals surface area contributed by atoms with E-state index in [-0.39, 0.29) is 16.7 Å². The van der Waals surface area contributed by atoms with E-state index in [0.717, 1.165) is 48.9 Å². The van der Waals surface area contributed by atoms with E-state index in [1.54, 1.807) is 25.1 Å². The number of carbonyl (C=O) groups excluding carboxylic acids is 1. The first-order chi connectivity index (χ1) is 16.7. The first-order valence-electron chi connectivity index (χ1n) is 12.4. The van der Waals surface area contributed by atoms with E-state index in [1.165, 1.54) is 9.87 Å². The van der Waals surface area contributed by atoms with Crippen molar-refractivity contribution in [1.82, 2.24) is 9.88 Å². The third kappa shape index (κ3) is 5.67. The normalized spacial score (nSPS) is 14.4. The van der Waals surface area contributed by atoms with Gasteiger partial charge in [-0.1, -0.05) is 39.0 Å². The van der Waals surface area contributed by atoms with Crippen LogP contribution in [0.4, 0.5) is 5.69 Å². The van der Waals surface area contributed by atoms with Crippen molar-refractivity contribution in [2.75, 3.05) is 23.9 Å². The highest BCUT2D eigenvalue weighted by Gasteiger charge is 2.28. The number of fused-ring (bicyclic) bond motifs is 1. The van der Waals surface area contributed by atoms with Crippen molar-refractivity contribution < 1.29 is 13.2 Å². The van der Waals surface area contributed by atoms with Crippen molar-refractivity contribution in [2.45, 2.75) is 51.9 Å². The molecule has 4 rings (SSSR count). The predicted molar refractivity (Wildman–Crippen MR) is 141 cm³/mol. The largest absolute Gasteiger partial charge is 0.342 e. The Hall–Kier alpha value is -2.93. The van der Waals surface area contributed by atoms with Gasteiger partial charge in [0, 0.05) is 37.6 Å². The van der Waals surface area contributed by atoms with E-state index in [1.807, 2.05) is 55.1 Å². The predicted octanol–water partition coefficient (Wildman–Crippen LogP) is 5.06. The molecule has 1 aromatic heterocycles. The van der Waals surface area contributed by atoms with E-state index in [9.17, 15) is 13.2 Å². The van der Waals surface area contributed by atoms with Gasteiger partial charge in [-0.3, -0.25) is 14.1 Å². The molecule has 0 atom stereocenters. The monoisotopic (exact) mass is 493 g/mol. The minimum absolute atomic E-state index is 0.140. The van der Waals surface area contributed by atoms with Crippen LogP contribution in [-0.2, 0) is 27.7 Å². The van der Waals surface area contributed by atoms with E-state index in [4.69, 9.17) is 4.98 Å². The lowest BCUT2D eigenvalue weighted by molar-refractivity contribution is -0.135. The zero-order chi connectivity index (χ0) is 25.2. The van der Waals surface area contributed by atoms with Gasteiger partial charge in [0.15, 0.2) is 0 Å². The summed E-state index contributed by atoms with van der Waals surface area (Å²) in [5, 5.41) is 0.812. The van der Waals surface area contributed by atoms with Crippen LogP contribution in [0.25, 0.3) is 10.9 Å². The van der Waals surface area contributed by atoms with Gasteiger partial charge in [0.25, 0.3) is 10.0 Å². The summed E-state index contributed by atoms with van der Waals surface area (Å²) in [5.74, 6) is 0.849. The van der Waals surface area contributed by atoms with E-state index >= 15 is 0 Å². The Labute approximate surface area is 209 Å². The van der Waals surface area contributed by atoms with Crippen LogP contribution in [0.15, 0.2) is 59.5 Å². The molecule has 2 heterocycles. The number of pyridine rings is 1. The Morgan fingerprint density at radius 1 is 1.09 bits per heavy atom. The quantitative estimate of drug-likeness (QED) is 0.418. The number of aryl methyl sites for hydroxylation is 2. The summed E-state index contributed by atoms with van der Waals surface area (Å²) in [4.78, 5) is 18.3. The fraction of sp³-hybridized carbons (Fsp3) is 0.429. The number of aromatic nitrogens is 1. The summed E-state index contributed by atoms with van der Waals surface area (Å²) in [6.45, 7) is 9.81. The van der Waals surface area contributed by atoms with Crippen LogP contribution in [0, 0.1) is 11.8 Å². The number of carbonyl (C=O) groups is 1. The van der Waals surface area contributed by atoms with Crippen molar-refractivity contribution >= 4 is 32.5 Å². The van der Waals surface area contributed by atoms with Gasteiger partial charge >= 0.3 is 0 Å². The maximum absolute atomic E-state index is 13.7. The number of anilines is 1. The molecular formula is C28H35N3O3S. The number of sulfonamides is 1. The van der Waals surface area contributed by atoms with E-state index < -0.39 is 10.0 Å². The standard InChI is InChI=1S/C28H35N3O3S/c1-5-22-7-12-26(13-8-22)31(17-20(2)3)35(33,34)27-14-15-28-24(16-27)9-11-25(29-28)10-6-23-18-30(19-23)21(4)32/h7-9,11-16,20,23H,5-6,10,17-19H2,1-4H3. The smallest absolute Gasteiger partial charge is 0.264 e. The zero-order valence-corrected chi connectivity index (χ0v) is 21.9. The first-order valence-corrected chi connectivity index (χ1v) is 13.9. The summed E-state index contributed by atoms with van der Waals surface area (Å²) >= 11 is 0. The molecule has 1 amide bonds. The molecule has 2 aromatic carbocycles. The highest BCUT2D eigenvalue weighted by atomic mass is 32.2. The molecule has 1 aliphatic heterocycles. The second-order valence-corrected chi connectivity index (χ2v) is 11.8. The lowest BCUT2D eigenvalue weighted by atomic mass is 9.93. The van der Waals surface area contributed by atoms with Gasteiger partial charge < -0.3 is 4.90 Å². The third-order valence-electron chi connectivity index (χ3n) is 6.68. The van der Waals surface area contributed by atoms with Gasteiger partial charge in [0.1, 0.15) is 0 Å². The zero-order valence-electron chi connectivity index (χ0n) is 21.1. The maximum Gasteiger partial charge on any atom is 0.264 e. The molecule has 7 heteroatoms. The topological polar surface area (TPSA) is 70.6 Å². The van der Waals surface area contributed by atoms with Crippen LogP contribution >= 0.6 is 0 Å². The van der Waals surface area contributed by atoms with Crippen LogP contribution < -0.4 is 4.31 Å². The van der Waals surface area contributed by atoms with Crippen LogP contribution in [-0.4, -0.2) is 43.8 Å². The first kappa shape index (κ1) is 25.2. The molecule has 0 spiro atoms. The van der Waals surface area contributed by atoms with Crippen LogP contribution in [0.3, 0.4) is 0 Å². The number of nitrogens with zero attached hydrogens (tertiary/aromatic N) is 3. The number of benzene rings is 2. The SMILES string of the molecule is CCc1ccc(N(CC(C)C)S(=O)(=O)c2ccc3nc(CCC4CN(C(C)=O)C4)ccc3c2)cc1. The molecule has 1 aliphatic rings. The third-order valence-corrected chi connectivity index (χ3v) is 8.47. The van der Waals surface area contributed by atoms with Crippen molar-refractivity contribution in [3.05, 3.63) is 65.9 Å². The molecule has 0 radical (unpaired) electrons. The summed E-state index contributed by atoms with van der Waals surface area (Å²) < 4.78 is 28.9. The fourth-order valence-corrected chi connectivity index (χ4v) is 6.17. The minimum atomic E-state index is -3.73. The van der Waals surface area contributed by atoms with Crippen molar-refractivity contribution in [1.29, 1.82) is 0 Å². The molecule has 6 nitrogen and oxygen atoms in total. The second kappa shape index (κ2) is 10.4. The Kier molecular flexibility index (Phi) is 7.45. The molecule has 0 saturated carbocycles. The van der Waals surface area contributed by atoms with Gasteiger partial charge in [-0.15, -0.1) is 0 Å². The minimum Gasteiger partial charge on any atom is -0.342 e. The molecule has 0 bridgehead atoms. The molecule has 1 saturated heterocycles. The molecule has 186 valence electrons. The molecule has 3 aromatic rings. The molecular weight excluding hydrogens is 458 g/mol. The van der Waals surface area contributed by atoms with Crippen molar-refractivity contribution in [3.8, 4) is 0 Å².